The van der Waals surface area contributed by atoms with Crippen molar-refractivity contribution in [1.29, 1.82) is 0 Å². The van der Waals surface area contributed by atoms with Gasteiger partial charge in [0.1, 0.15) is 11.6 Å². The van der Waals surface area contributed by atoms with E-state index in [2.05, 4.69) is 4.74 Å². The molecule has 1 rings (SSSR count). The number of hydrogen-bond donors (Lipinski definition) is 1. The van der Waals surface area contributed by atoms with Crippen molar-refractivity contribution >= 4 is 12.1 Å². The van der Waals surface area contributed by atoms with Gasteiger partial charge in [0.05, 0.1) is 7.11 Å². The van der Waals surface area contributed by atoms with Crippen LogP contribution in [0.2, 0.25) is 1.41 Å². The Morgan fingerprint density at radius 2 is 1.90 bits per heavy atom. The van der Waals surface area contributed by atoms with Gasteiger partial charge in [-0.3, -0.25) is 0 Å². The number of hydrogen-bond acceptors (Lipinski definition) is 4. The number of benzene rings is 1. The highest BCUT2D eigenvalue weighted by atomic mass is 16.6. The van der Waals surface area contributed by atoms with Crippen LogP contribution < -0.4 is 5.31 Å². The summed E-state index contributed by atoms with van der Waals surface area (Å²) in [6.07, 6.45) is -0.690. The van der Waals surface area contributed by atoms with E-state index in [0.717, 1.165) is 5.56 Å². The van der Waals surface area contributed by atoms with E-state index in [4.69, 9.17) is 6.15 Å². The maximum atomic E-state index is 11.9. The Kier molecular flexibility index (Phi) is 4.98. The first-order valence-electron chi connectivity index (χ1n) is 6.82. The maximum absolute atomic E-state index is 11.9. The first-order chi connectivity index (χ1) is 9.74. The molecule has 1 aromatic carbocycles. The Labute approximate surface area is 120 Å². The van der Waals surface area contributed by atoms with Gasteiger partial charge < -0.3 is 14.8 Å². The summed E-state index contributed by atoms with van der Waals surface area (Å²) in [5.74, 6) is -0.653. The van der Waals surface area contributed by atoms with Crippen molar-refractivity contribution in [2.45, 2.75) is 38.8 Å². The van der Waals surface area contributed by atoms with Gasteiger partial charge in [0.2, 0.25) is 0 Å². The summed E-state index contributed by atoms with van der Waals surface area (Å²) < 4.78 is 17.6. The molecule has 0 bridgehead atoms. The molecule has 0 unspecified atom stereocenters. The summed E-state index contributed by atoms with van der Waals surface area (Å²) in [7, 11) is 1.23. The van der Waals surface area contributed by atoms with Crippen molar-refractivity contribution in [3.63, 3.8) is 0 Å². The van der Waals surface area contributed by atoms with Gasteiger partial charge in [-0.15, -0.1) is 0 Å². The SMILES string of the molecule is [2H]N(C(=O)OC(C)(C)C)[C@@H](Cc1ccccc1)C(=O)OC. The minimum Gasteiger partial charge on any atom is -0.467 e. The van der Waals surface area contributed by atoms with Crippen LogP contribution in [0.25, 0.3) is 0 Å². The number of rotatable bonds is 4. The lowest BCUT2D eigenvalue weighted by Gasteiger charge is -2.22. The first-order valence-corrected chi connectivity index (χ1v) is 6.37. The third kappa shape index (κ3) is 5.73. The lowest BCUT2D eigenvalue weighted by atomic mass is 10.1. The van der Waals surface area contributed by atoms with Crippen LogP contribution in [0.5, 0.6) is 0 Å². The van der Waals surface area contributed by atoms with Crippen molar-refractivity contribution in [2.24, 2.45) is 0 Å². The zero-order valence-corrected chi connectivity index (χ0v) is 12.3. The molecule has 0 saturated heterocycles. The number of esters is 1. The van der Waals surface area contributed by atoms with Crippen LogP contribution in [0.15, 0.2) is 30.3 Å². The quantitative estimate of drug-likeness (QED) is 0.859. The zero-order chi connectivity index (χ0) is 16.0. The van der Waals surface area contributed by atoms with Crippen molar-refractivity contribution in [3.05, 3.63) is 35.9 Å². The van der Waals surface area contributed by atoms with Crippen molar-refractivity contribution in [3.8, 4) is 0 Å². The standard InChI is InChI=1S/C15H21NO4/c1-15(2,3)20-14(18)16-12(13(17)19-4)10-11-8-6-5-7-9-11/h5-9,12H,10H2,1-4H3,(H,16,18)/t12-/m0/s1/i/hD. The maximum Gasteiger partial charge on any atom is 0.408 e. The molecule has 110 valence electrons. The molecular formula is C15H21NO4. The normalized spacial score (nSPS) is 13.1. The molecule has 20 heavy (non-hydrogen) atoms. The van der Waals surface area contributed by atoms with Crippen molar-refractivity contribution < 1.29 is 20.5 Å². The second-order valence-electron chi connectivity index (χ2n) is 5.34. The molecule has 0 heterocycles. The molecule has 0 saturated carbocycles. The van der Waals surface area contributed by atoms with Crippen molar-refractivity contribution in [2.75, 3.05) is 7.11 Å². The van der Waals surface area contributed by atoms with E-state index in [9.17, 15) is 9.59 Å². The molecule has 0 aliphatic rings. The second-order valence-corrected chi connectivity index (χ2v) is 5.34. The number of methoxy groups -OCH3 is 1. The molecule has 1 N–H and O–H groups in total. The minimum atomic E-state index is -1.05. The van der Waals surface area contributed by atoms with Crippen LogP contribution in [0.4, 0.5) is 4.79 Å². The Morgan fingerprint density at radius 3 is 2.40 bits per heavy atom. The summed E-state index contributed by atoms with van der Waals surface area (Å²) in [5.41, 5.74) is 0.0952. The summed E-state index contributed by atoms with van der Waals surface area (Å²) in [6.45, 7) is 5.09. The Balaban J connectivity index is 2.87. The van der Waals surface area contributed by atoms with Crippen LogP contribution in [-0.4, -0.2) is 30.8 Å². The Hall–Kier alpha value is -2.04. The van der Waals surface area contributed by atoms with Crippen molar-refractivity contribution in [1.82, 2.24) is 5.31 Å². The van der Waals surface area contributed by atoms with Gasteiger partial charge in [0.15, 0.2) is 1.41 Å². The molecule has 1 aromatic rings. The number of carbonyl (C=O) groups is 2. The van der Waals surface area contributed by atoms with Gasteiger partial charge in [-0.05, 0) is 26.3 Å². The summed E-state index contributed by atoms with van der Waals surface area (Å²) >= 11 is 0. The number of amides is 1. The third-order valence-corrected chi connectivity index (χ3v) is 2.40. The summed E-state index contributed by atoms with van der Waals surface area (Å²) in [5, 5.41) is 0.532. The lowest BCUT2D eigenvalue weighted by molar-refractivity contribution is -0.143. The molecule has 5 nitrogen and oxygen atoms in total. The molecule has 1 atom stereocenters. The van der Waals surface area contributed by atoms with Crippen LogP contribution in [0.1, 0.15) is 26.3 Å². The predicted octanol–water partition coefficient (Wildman–Crippen LogP) is 2.30. The fourth-order valence-electron chi connectivity index (χ4n) is 1.57. The first kappa shape index (κ1) is 14.4. The molecule has 0 aliphatic carbocycles. The van der Waals surface area contributed by atoms with E-state index in [1.807, 2.05) is 30.3 Å². The molecule has 0 spiro atoms. The Morgan fingerprint density at radius 1 is 1.30 bits per heavy atom. The monoisotopic (exact) mass is 280 g/mol. The molecule has 0 radical (unpaired) electrons. The number of ether oxygens (including phenoxy) is 2. The van der Waals surface area contributed by atoms with E-state index < -0.39 is 23.7 Å². The van der Waals surface area contributed by atoms with Gasteiger partial charge in [0.25, 0.3) is 0 Å². The van der Waals surface area contributed by atoms with Gasteiger partial charge in [-0.1, -0.05) is 30.3 Å². The molecule has 0 fully saturated rings. The summed E-state index contributed by atoms with van der Waals surface area (Å²) in [6, 6.07) is 8.09. The van der Waals surface area contributed by atoms with Gasteiger partial charge in [0, 0.05) is 6.42 Å². The van der Waals surface area contributed by atoms with Crippen LogP contribution >= 0.6 is 0 Å². The summed E-state index contributed by atoms with van der Waals surface area (Å²) in [4.78, 5) is 23.8. The Bertz CT molecular complexity index is 484. The van der Waals surface area contributed by atoms with E-state index in [0.29, 0.717) is 5.31 Å². The van der Waals surface area contributed by atoms with Crippen LogP contribution in [-0.2, 0) is 20.7 Å². The van der Waals surface area contributed by atoms with Gasteiger partial charge in [-0.25, -0.2) is 9.59 Å². The highest BCUT2D eigenvalue weighted by Crippen LogP contribution is 2.09. The zero-order valence-electron chi connectivity index (χ0n) is 13.3. The topological polar surface area (TPSA) is 64.6 Å². The fourth-order valence-corrected chi connectivity index (χ4v) is 1.57. The second kappa shape index (κ2) is 6.93. The van der Waals surface area contributed by atoms with Gasteiger partial charge >= 0.3 is 12.1 Å². The molecule has 5 heteroatoms. The average Bonchev–Trinajstić information content (AvgIpc) is 2.42. The number of alkyl carbamates (subject to hydrolysis) is 1. The molecular weight excluding hydrogens is 258 g/mol. The number of carbonyl (C=O) groups excluding carboxylic acids is 2. The highest BCUT2D eigenvalue weighted by Gasteiger charge is 2.25. The number of nitrogens with one attached hydrogen (secondary N) is 1. The smallest absolute Gasteiger partial charge is 0.408 e. The average molecular weight is 280 g/mol. The minimum absolute atomic E-state index is 0.191. The fraction of sp³-hybridized carbons (Fsp3) is 0.467. The molecule has 0 aromatic heterocycles. The van der Waals surface area contributed by atoms with E-state index >= 15 is 0 Å². The van der Waals surface area contributed by atoms with E-state index in [1.54, 1.807) is 20.8 Å². The van der Waals surface area contributed by atoms with Crippen LogP contribution in [0.3, 0.4) is 0 Å². The lowest BCUT2D eigenvalue weighted by Crippen LogP contribution is -2.45. The molecule has 0 aliphatic heterocycles. The predicted molar refractivity (Wildman–Crippen MR) is 75.3 cm³/mol. The largest absolute Gasteiger partial charge is 0.467 e. The third-order valence-electron chi connectivity index (χ3n) is 2.40. The van der Waals surface area contributed by atoms with E-state index in [-0.39, 0.29) is 6.42 Å². The van der Waals surface area contributed by atoms with E-state index in [1.165, 1.54) is 7.11 Å². The highest BCUT2D eigenvalue weighted by molar-refractivity contribution is 5.81. The van der Waals surface area contributed by atoms with Gasteiger partial charge in [-0.2, -0.15) is 0 Å². The van der Waals surface area contributed by atoms with Crippen LogP contribution in [0, 0.1) is 0 Å². The molecule has 1 amide bonds.